The van der Waals surface area contributed by atoms with Crippen molar-refractivity contribution in [2.45, 2.75) is 57.0 Å². The number of nitrogens with zero attached hydrogens (tertiary/aromatic N) is 1. The van der Waals surface area contributed by atoms with Crippen molar-refractivity contribution in [3.8, 4) is 5.75 Å². The van der Waals surface area contributed by atoms with E-state index in [4.69, 9.17) is 14.6 Å². The summed E-state index contributed by atoms with van der Waals surface area (Å²) in [5.74, 6) is -2.00. The van der Waals surface area contributed by atoms with Crippen molar-refractivity contribution in [3.63, 3.8) is 0 Å². The Kier molecular flexibility index (Phi) is 8.69. The Labute approximate surface area is 179 Å². The molecule has 0 aromatic heterocycles. The predicted molar refractivity (Wildman–Crippen MR) is 107 cm³/mol. The molecule has 2 unspecified atom stereocenters. The number of methoxy groups -OCH3 is 1. The van der Waals surface area contributed by atoms with E-state index in [1.54, 1.807) is 7.11 Å². The number of nitrogens with one attached hydrogen (secondary N) is 1. The van der Waals surface area contributed by atoms with E-state index in [9.17, 15) is 23.1 Å². The second-order valence-electron chi connectivity index (χ2n) is 7.86. The number of halogens is 3. The number of carbonyl (C=O) groups excluding carboxylic acids is 1. The zero-order valence-electron chi connectivity index (χ0n) is 17.6. The number of alkyl halides is 3. The van der Waals surface area contributed by atoms with Crippen LogP contribution in [0.3, 0.4) is 0 Å². The van der Waals surface area contributed by atoms with Gasteiger partial charge in [-0.05, 0) is 69.3 Å². The van der Waals surface area contributed by atoms with E-state index in [-0.39, 0.29) is 11.8 Å². The summed E-state index contributed by atoms with van der Waals surface area (Å²) in [5.41, 5.74) is 1.24. The fraction of sp³-hybridized carbons (Fsp3) is 0.619. The number of ether oxygens (including phenoxy) is 1. The highest BCUT2D eigenvalue weighted by atomic mass is 19.4. The van der Waals surface area contributed by atoms with Gasteiger partial charge in [0.2, 0.25) is 5.91 Å². The van der Waals surface area contributed by atoms with Gasteiger partial charge in [-0.15, -0.1) is 0 Å². The summed E-state index contributed by atoms with van der Waals surface area (Å²) < 4.78 is 37.0. The Morgan fingerprint density at radius 1 is 1.19 bits per heavy atom. The van der Waals surface area contributed by atoms with Crippen LogP contribution in [0, 0.1) is 5.92 Å². The van der Waals surface area contributed by atoms with Crippen molar-refractivity contribution < 1.29 is 37.7 Å². The number of piperidine rings is 1. The molecule has 0 bridgehead atoms. The SMILES string of the molecule is COc1cccc(C(C)N2CCC(C(O)C(=O)NC3CC3)CC2)c1.O=C(O)C(F)(F)F. The molecule has 1 saturated heterocycles. The minimum absolute atomic E-state index is 0.0671. The number of carboxylic acid groups (broad SMARTS) is 1. The van der Waals surface area contributed by atoms with Crippen LogP contribution in [0.15, 0.2) is 24.3 Å². The number of rotatable bonds is 6. The van der Waals surface area contributed by atoms with Crippen LogP contribution in [0.25, 0.3) is 0 Å². The van der Waals surface area contributed by atoms with E-state index in [2.05, 4.69) is 29.3 Å². The van der Waals surface area contributed by atoms with Gasteiger partial charge in [-0.2, -0.15) is 13.2 Å². The summed E-state index contributed by atoms with van der Waals surface area (Å²) in [4.78, 5) is 23.3. The lowest BCUT2D eigenvalue weighted by Crippen LogP contribution is -2.45. The molecule has 2 fully saturated rings. The molecule has 1 aliphatic carbocycles. The first-order valence-electron chi connectivity index (χ1n) is 10.2. The number of likely N-dealkylation sites (tertiary alicyclic amines) is 1. The molecule has 1 saturated carbocycles. The number of carbonyl (C=O) groups is 2. The van der Waals surface area contributed by atoms with Crippen molar-refractivity contribution in [3.05, 3.63) is 29.8 Å². The van der Waals surface area contributed by atoms with Crippen LogP contribution in [0.1, 0.15) is 44.2 Å². The summed E-state index contributed by atoms with van der Waals surface area (Å²) >= 11 is 0. The van der Waals surface area contributed by atoms with Crippen molar-refractivity contribution in [1.29, 1.82) is 0 Å². The third-order valence-electron chi connectivity index (χ3n) is 5.58. The fourth-order valence-corrected chi connectivity index (χ4v) is 3.46. The van der Waals surface area contributed by atoms with E-state index >= 15 is 0 Å². The van der Waals surface area contributed by atoms with Gasteiger partial charge < -0.3 is 20.3 Å². The Morgan fingerprint density at radius 3 is 2.26 bits per heavy atom. The monoisotopic (exact) mass is 446 g/mol. The first-order chi connectivity index (χ1) is 14.5. The lowest BCUT2D eigenvalue weighted by atomic mass is 9.89. The molecule has 3 rings (SSSR count). The zero-order valence-corrected chi connectivity index (χ0v) is 17.6. The van der Waals surface area contributed by atoms with Gasteiger partial charge >= 0.3 is 12.1 Å². The van der Waals surface area contributed by atoms with Crippen LogP contribution in [-0.4, -0.2) is 65.5 Å². The van der Waals surface area contributed by atoms with E-state index in [1.165, 1.54) is 5.56 Å². The van der Waals surface area contributed by atoms with Crippen LogP contribution < -0.4 is 10.1 Å². The smallest absolute Gasteiger partial charge is 0.490 e. The van der Waals surface area contributed by atoms with Gasteiger partial charge in [0.1, 0.15) is 11.9 Å². The maximum atomic E-state index is 12.0. The Balaban J connectivity index is 0.000000423. The number of amides is 1. The third kappa shape index (κ3) is 7.70. The average Bonchev–Trinajstić information content (AvgIpc) is 3.56. The summed E-state index contributed by atoms with van der Waals surface area (Å²) in [6.45, 7) is 4.00. The van der Waals surface area contributed by atoms with E-state index in [0.717, 1.165) is 44.5 Å². The number of benzene rings is 1. The second kappa shape index (κ2) is 10.8. The van der Waals surface area contributed by atoms with Crippen LogP contribution in [0.2, 0.25) is 0 Å². The third-order valence-corrected chi connectivity index (χ3v) is 5.58. The predicted octanol–water partition coefficient (Wildman–Crippen LogP) is 2.74. The molecule has 3 N–H and O–H groups in total. The Morgan fingerprint density at radius 2 is 1.77 bits per heavy atom. The number of aliphatic hydroxyl groups excluding tert-OH is 1. The molecule has 174 valence electrons. The van der Waals surface area contributed by atoms with Gasteiger partial charge in [0.15, 0.2) is 0 Å². The highest BCUT2D eigenvalue weighted by Crippen LogP contribution is 2.30. The molecular formula is C21H29F3N2O5. The molecule has 1 aromatic carbocycles. The number of hydrogen-bond acceptors (Lipinski definition) is 5. The second-order valence-corrected chi connectivity index (χ2v) is 7.86. The standard InChI is InChI=1S/C19H28N2O3.C2HF3O2/c1-13(15-4-3-5-17(12-15)24-2)21-10-8-14(9-11-21)18(22)19(23)20-16-6-7-16;3-2(4,5)1(6)7/h3-5,12-14,16,18,22H,6-11H2,1-2H3,(H,20,23);(H,6,7). The fourth-order valence-electron chi connectivity index (χ4n) is 3.46. The van der Waals surface area contributed by atoms with E-state index < -0.39 is 18.2 Å². The molecule has 2 atom stereocenters. The molecule has 1 amide bonds. The van der Waals surface area contributed by atoms with E-state index in [1.807, 2.05) is 12.1 Å². The van der Waals surface area contributed by atoms with Crippen LogP contribution in [0.4, 0.5) is 13.2 Å². The largest absolute Gasteiger partial charge is 0.497 e. The summed E-state index contributed by atoms with van der Waals surface area (Å²) in [7, 11) is 1.68. The lowest BCUT2D eigenvalue weighted by molar-refractivity contribution is -0.192. The van der Waals surface area contributed by atoms with Crippen LogP contribution >= 0.6 is 0 Å². The first kappa shape index (κ1) is 24.9. The van der Waals surface area contributed by atoms with Gasteiger partial charge in [0.05, 0.1) is 7.11 Å². The highest BCUT2D eigenvalue weighted by molar-refractivity contribution is 5.81. The van der Waals surface area contributed by atoms with Crippen molar-refractivity contribution in [1.82, 2.24) is 10.2 Å². The minimum atomic E-state index is -5.08. The van der Waals surface area contributed by atoms with Crippen LogP contribution in [0.5, 0.6) is 5.75 Å². The molecule has 10 heteroatoms. The molecule has 0 radical (unpaired) electrons. The van der Waals surface area contributed by atoms with Crippen molar-refractivity contribution >= 4 is 11.9 Å². The molecule has 7 nitrogen and oxygen atoms in total. The maximum absolute atomic E-state index is 12.0. The van der Waals surface area contributed by atoms with Gasteiger partial charge in [0, 0.05) is 12.1 Å². The van der Waals surface area contributed by atoms with Crippen molar-refractivity contribution in [2.75, 3.05) is 20.2 Å². The number of aliphatic hydroxyl groups is 1. The number of carboxylic acids is 1. The van der Waals surface area contributed by atoms with Gasteiger partial charge in [-0.1, -0.05) is 12.1 Å². The van der Waals surface area contributed by atoms with Gasteiger partial charge in [0.25, 0.3) is 0 Å². The molecule has 0 spiro atoms. The molecule has 31 heavy (non-hydrogen) atoms. The molecule has 1 aromatic rings. The molecular weight excluding hydrogens is 417 g/mol. The Bertz CT molecular complexity index is 747. The Hall–Kier alpha value is -2.33. The summed E-state index contributed by atoms with van der Waals surface area (Å²) in [5, 5.41) is 20.3. The lowest BCUT2D eigenvalue weighted by Gasteiger charge is -2.37. The zero-order chi connectivity index (χ0) is 23.2. The summed E-state index contributed by atoms with van der Waals surface area (Å²) in [6.07, 6.45) is -2.13. The van der Waals surface area contributed by atoms with E-state index in [0.29, 0.717) is 12.1 Å². The highest BCUT2D eigenvalue weighted by Gasteiger charge is 2.38. The van der Waals surface area contributed by atoms with Gasteiger partial charge in [-0.3, -0.25) is 9.69 Å². The van der Waals surface area contributed by atoms with Gasteiger partial charge in [-0.25, -0.2) is 4.79 Å². The normalized spacial score (nSPS) is 19.5. The minimum Gasteiger partial charge on any atom is -0.497 e. The molecule has 1 aliphatic heterocycles. The molecule has 1 heterocycles. The number of aliphatic carboxylic acids is 1. The first-order valence-corrected chi connectivity index (χ1v) is 10.2. The van der Waals surface area contributed by atoms with Crippen LogP contribution in [-0.2, 0) is 9.59 Å². The quantitative estimate of drug-likeness (QED) is 0.622. The average molecular weight is 446 g/mol. The molecule has 2 aliphatic rings. The summed E-state index contributed by atoms with van der Waals surface area (Å²) in [6, 6.07) is 8.78. The number of hydrogen-bond donors (Lipinski definition) is 3. The van der Waals surface area contributed by atoms with Crippen molar-refractivity contribution in [2.24, 2.45) is 5.92 Å². The topological polar surface area (TPSA) is 99.1 Å². The maximum Gasteiger partial charge on any atom is 0.490 e.